The molecule has 5 nitrogen and oxygen atoms in total. The van der Waals surface area contributed by atoms with Crippen molar-refractivity contribution in [1.29, 1.82) is 0 Å². The summed E-state index contributed by atoms with van der Waals surface area (Å²) in [6.45, 7) is 3.01. The van der Waals surface area contributed by atoms with Gasteiger partial charge >= 0.3 is 0 Å². The Morgan fingerprint density at radius 3 is 2.68 bits per heavy atom. The summed E-state index contributed by atoms with van der Waals surface area (Å²) in [7, 11) is 0. The molecule has 0 aromatic heterocycles. The highest BCUT2D eigenvalue weighted by Crippen LogP contribution is 2.29. The molecule has 0 bridgehead atoms. The highest BCUT2D eigenvalue weighted by atomic mass is 16.5. The summed E-state index contributed by atoms with van der Waals surface area (Å²) < 4.78 is 5.88. The van der Waals surface area contributed by atoms with Crippen molar-refractivity contribution >= 4 is 11.8 Å². The van der Waals surface area contributed by atoms with Crippen molar-refractivity contribution in [2.45, 2.75) is 57.5 Å². The summed E-state index contributed by atoms with van der Waals surface area (Å²) in [5.41, 5.74) is 0. The van der Waals surface area contributed by atoms with E-state index in [0.717, 1.165) is 25.3 Å². The Hall–Kier alpha value is -1.10. The van der Waals surface area contributed by atoms with Crippen molar-refractivity contribution in [3.05, 3.63) is 0 Å². The molecule has 22 heavy (non-hydrogen) atoms. The minimum Gasteiger partial charge on any atom is -0.375 e. The first kappa shape index (κ1) is 15.8. The quantitative estimate of drug-likeness (QED) is 0.796. The van der Waals surface area contributed by atoms with Crippen molar-refractivity contribution in [3.63, 3.8) is 0 Å². The van der Waals surface area contributed by atoms with Gasteiger partial charge in [0.15, 0.2) is 0 Å². The standard InChI is InChI=1S/C17H28N2O3/c20-16-7-4-8-18(16)13-17(21)19-9-10-22-15(12-19)11-14-5-2-1-3-6-14/h14-15H,1-13H2/t15-/m1/s1. The Balaban J connectivity index is 1.46. The number of ether oxygens (including phenoxy) is 1. The van der Waals surface area contributed by atoms with E-state index in [2.05, 4.69) is 0 Å². The van der Waals surface area contributed by atoms with Gasteiger partial charge in [-0.1, -0.05) is 32.1 Å². The molecule has 0 spiro atoms. The molecule has 3 aliphatic rings. The molecule has 5 heteroatoms. The second-order valence-electron chi connectivity index (χ2n) is 6.99. The van der Waals surface area contributed by atoms with E-state index < -0.39 is 0 Å². The van der Waals surface area contributed by atoms with Gasteiger partial charge in [-0.2, -0.15) is 0 Å². The Bertz CT molecular complexity index is 407. The maximum Gasteiger partial charge on any atom is 0.242 e. The van der Waals surface area contributed by atoms with Crippen molar-refractivity contribution < 1.29 is 14.3 Å². The van der Waals surface area contributed by atoms with Crippen molar-refractivity contribution in [1.82, 2.24) is 9.80 Å². The van der Waals surface area contributed by atoms with Crippen molar-refractivity contribution in [3.8, 4) is 0 Å². The van der Waals surface area contributed by atoms with Gasteiger partial charge < -0.3 is 14.5 Å². The largest absolute Gasteiger partial charge is 0.375 e. The van der Waals surface area contributed by atoms with Crippen LogP contribution in [0.15, 0.2) is 0 Å². The van der Waals surface area contributed by atoms with Crippen LogP contribution < -0.4 is 0 Å². The molecule has 0 aromatic carbocycles. The summed E-state index contributed by atoms with van der Waals surface area (Å²) in [5, 5.41) is 0. The molecule has 124 valence electrons. The first-order chi connectivity index (χ1) is 10.7. The second-order valence-corrected chi connectivity index (χ2v) is 6.99. The number of hydrogen-bond acceptors (Lipinski definition) is 3. The third-order valence-electron chi connectivity index (χ3n) is 5.31. The van der Waals surface area contributed by atoms with Crippen LogP contribution >= 0.6 is 0 Å². The zero-order valence-corrected chi connectivity index (χ0v) is 13.5. The van der Waals surface area contributed by atoms with Gasteiger partial charge in [-0.05, 0) is 18.8 Å². The lowest BCUT2D eigenvalue weighted by molar-refractivity contribution is -0.144. The van der Waals surface area contributed by atoms with E-state index in [1.807, 2.05) is 4.90 Å². The Labute approximate surface area is 133 Å². The van der Waals surface area contributed by atoms with Gasteiger partial charge in [-0.15, -0.1) is 0 Å². The summed E-state index contributed by atoms with van der Waals surface area (Å²) in [4.78, 5) is 27.7. The normalized spacial score (nSPS) is 27.5. The molecular formula is C17H28N2O3. The van der Waals surface area contributed by atoms with Crippen LogP contribution in [0.25, 0.3) is 0 Å². The summed E-state index contributed by atoms with van der Waals surface area (Å²) in [5.74, 6) is 0.988. The summed E-state index contributed by atoms with van der Waals surface area (Å²) in [6, 6.07) is 0. The fourth-order valence-electron chi connectivity index (χ4n) is 4.02. The topological polar surface area (TPSA) is 49.9 Å². The fourth-order valence-corrected chi connectivity index (χ4v) is 4.02. The molecule has 0 radical (unpaired) electrons. The van der Waals surface area contributed by atoms with Crippen LogP contribution in [-0.2, 0) is 14.3 Å². The number of nitrogens with zero attached hydrogens (tertiary/aromatic N) is 2. The van der Waals surface area contributed by atoms with Gasteiger partial charge in [0, 0.05) is 26.1 Å². The van der Waals surface area contributed by atoms with Crippen LogP contribution in [0.3, 0.4) is 0 Å². The fraction of sp³-hybridized carbons (Fsp3) is 0.882. The molecule has 0 unspecified atom stereocenters. The molecule has 0 N–H and O–H groups in total. The number of morpholine rings is 1. The predicted molar refractivity (Wildman–Crippen MR) is 83.3 cm³/mol. The Morgan fingerprint density at radius 1 is 1.14 bits per heavy atom. The Morgan fingerprint density at radius 2 is 1.95 bits per heavy atom. The van der Waals surface area contributed by atoms with E-state index in [0.29, 0.717) is 26.1 Å². The number of rotatable bonds is 4. The molecule has 2 saturated heterocycles. The number of carbonyl (C=O) groups is 2. The van der Waals surface area contributed by atoms with E-state index in [9.17, 15) is 9.59 Å². The number of hydrogen-bond donors (Lipinski definition) is 0. The molecule has 3 fully saturated rings. The van der Waals surface area contributed by atoms with Gasteiger partial charge in [-0.25, -0.2) is 0 Å². The zero-order valence-electron chi connectivity index (χ0n) is 13.5. The number of amides is 2. The van der Waals surface area contributed by atoms with E-state index in [1.54, 1.807) is 4.90 Å². The van der Waals surface area contributed by atoms with E-state index >= 15 is 0 Å². The van der Waals surface area contributed by atoms with Crippen molar-refractivity contribution in [2.75, 3.05) is 32.8 Å². The van der Waals surface area contributed by atoms with Crippen LogP contribution in [0, 0.1) is 5.92 Å². The molecule has 0 aromatic rings. The van der Waals surface area contributed by atoms with Gasteiger partial charge in [-0.3, -0.25) is 9.59 Å². The molecule has 2 aliphatic heterocycles. The first-order valence-electron chi connectivity index (χ1n) is 8.89. The highest BCUT2D eigenvalue weighted by Gasteiger charge is 2.29. The third-order valence-corrected chi connectivity index (χ3v) is 5.31. The second kappa shape index (κ2) is 7.44. The molecule has 3 rings (SSSR count). The molecular weight excluding hydrogens is 280 g/mol. The average molecular weight is 308 g/mol. The molecule has 1 saturated carbocycles. The molecule has 2 amide bonds. The number of likely N-dealkylation sites (tertiary alicyclic amines) is 1. The molecule has 1 aliphatic carbocycles. The summed E-state index contributed by atoms with van der Waals surface area (Å²) >= 11 is 0. The first-order valence-corrected chi connectivity index (χ1v) is 8.89. The maximum absolute atomic E-state index is 12.4. The SMILES string of the molecule is O=C1CCCN1CC(=O)N1CCO[C@H](CC2CCCCC2)C1. The van der Waals surface area contributed by atoms with Gasteiger partial charge in [0.05, 0.1) is 19.3 Å². The van der Waals surface area contributed by atoms with Crippen molar-refractivity contribution in [2.24, 2.45) is 5.92 Å². The maximum atomic E-state index is 12.4. The van der Waals surface area contributed by atoms with E-state index in [1.165, 1.54) is 32.1 Å². The van der Waals surface area contributed by atoms with Crippen LogP contribution in [0.2, 0.25) is 0 Å². The van der Waals surface area contributed by atoms with Gasteiger partial charge in [0.2, 0.25) is 11.8 Å². The minimum atomic E-state index is 0.0900. The van der Waals surface area contributed by atoms with Crippen LogP contribution in [0.1, 0.15) is 51.4 Å². The number of carbonyl (C=O) groups excluding carboxylic acids is 2. The molecule has 2 heterocycles. The summed E-state index contributed by atoms with van der Waals surface area (Å²) in [6.07, 6.45) is 9.46. The predicted octanol–water partition coefficient (Wildman–Crippen LogP) is 1.81. The highest BCUT2D eigenvalue weighted by molar-refractivity contribution is 5.85. The monoisotopic (exact) mass is 308 g/mol. The smallest absolute Gasteiger partial charge is 0.242 e. The molecule has 1 atom stereocenters. The lowest BCUT2D eigenvalue weighted by Gasteiger charge is -2.36. The Kier molecular flexibility index (Phi) is 5.34. The van der Waals surface area contributed by atoms with Gasteiger partial charge in [0.25, 0.3) is 0 Å². The van der Waals surface area contributed by atoms with E-state index in [4.69, 9.17) is 4.74 Å². The lowest BCUT2D eigenvalue weighted by atomic mass is 9.85. The van der Waals surface area contributed by atoms with E-state index in [-0.39, 0.29) is 24.5 Å². The average Bonchev–Trinajstić information content (AvgIpc) is 2.94. The van der Waals surface area contributed by atoms with Crippen LogP contribution in [-0.4, -0.2) is 60.5 Å². The van der Waals surface area contributed by atoms with Crippen LogP contribution in [0.5, 0.6) is 0 Å². The van der Waals surface area contributed by atoms with Gasteiger partial charge in [0.1, 0.15) is 0 Å². The zero-order chi connectivity index (χ0) is 15.4. The minimum absolute atomic E-state index is 0.0900. The lowest BCUT2D eigenvalue weighted by Crippen LogP contribution is -2.49. The van der Waals surface area contributed by atoms with Crippen LogP contribution in [0.4, 0.5) is 0 Å². The third kappa shape index (κ3) is 4.00.